The van der Waals surface area contributed by atoms with Gasteiger partial charge in [0.25, 0.3) is 0 Å². The summed E-state index contributed by atoms with van der Waals surface area (Å²) in [4.78, 5) is 10.7. The van der Waals surface area contributed by atoms with Crippen molar-refractivity contribution in [1.82, 2.24) is 5.32 Å². The molecule has 0 amide bonds. The van der Waals surface area contributed by atoms with Gasteiger partial charge in [0, 0.05) is 12.3 Å². The largest absolute Gasteiger partial charge is 0.478 e. The highest BCUT2D eigenvalue weighted by atomic mass is 32.2. The van der Waals surface area contributed by atoms with Crippen molar-refractivity contribution in [2.24, 2.45) is 0 Å². The van der Waals surface area contributed by atoms with Gasteiger partial charge < -0.3 is 14.8 Å². The average Bonchev–Trinajstić information content (AvgIpc) is 2.73. The zero-order chi connectivity index (χ0) is 12.9. The number of furan rings is 1. The van der Waals surface area contributed by atoms with Crippen molar-refractivity contribution in [3.63, 3.8) is 0 Å². The predicted molar refractivity (Wildman–Crippen MR) is 61.7 cm³/mol. The normalized spacial score (nSPS) is 11.6. The molecule has 96 valence electrons. The van der Waals surface area contributed by atoms with Gasteiger partial charge in [0.15, 0.2) is 9.84 Å². The molecule has 0 fully saturated rings. The standard InChI is InChI=1S/C10H15NO5S/c1-2-17(14,15)6-4-11-7-9-8(10(12)13)3-5-16-9/h3,5,11H,2,4,6-7H2,1H3,(H,12,13). The second-order valence-electron chi connectivity index (χ2n) is 3.48. The van der Waals surface area contributed by atoms with Crippen molar-refractivity contribution in [1.29, 1.82) is 0 Å². The summed E-state index contributed by atoms with van der Waals surface area (Å²) < 4.78 is 27.3. The van der Waals surface area contributed by atoms with Crippen LogP contribution in [0.2, 0.25) is 0 Å². The van der Waals surface area contributed by atoms with Crippen molar-refractivity contribution < 1.29 is 22.7 Å². The van der Waals surface area contributed by atoms with Gasteiger partial charge >= 0.3 is 5.97 Å². The van der Waals surface area contributed by atoms with Crippen LogP contribution in [0.1, 0.15) is 23.0 Å². The summed E-state index contributed by atoms with van der Waals surface area (Å²) in [7, 11) is -3.00. The molecule has 0 aliphatic rings. The topological polar surface area (TPSA) is 96.6 Å². The van der Waals surface area contributed by atoms with Crippen LogP contribution < -0.4 is 5.32 Å². The Kier molecular flexibility index (Phi) is 4.71. The minimum absolute atomic E-state index is 0.0343. The molecular weight excluding hydrogens is 246 g/mol. The molecule has 0 saturated heterocycles. The maximum Gasteiger partial charge on any atom is 0.339 e. The Bertz CT molecular complexity index is 477. The predicted octanol–water partition coefficient (Wildman–Crippen LogP) is 0.502. The fraction of sp³-hybridized carbons (Fsp3) is 0.500. The van der Waals surface area contributed by atoms with Crippen LogP contribution in [0.3, 0.4) is 0 Å². The van der Waals surface area contributed by atoms with Crippen molar-refractivity contribution in [2.75, 3.05) is 18.1 Å². The highest BCUT2D eigenvalue weighted by molar-refractivity contribution is 7.91. The molecule has 1 heterocycles. The Balaban J connectivity index is 2.42. The Morgan fingerprint density at radius 3 is 2.82 bits per heavy atom. The van der Waals surface area contributed by atoms with Crippen LogP contribution in [-0.4, -0.2) is 37.5 Å². The summed E-state index contributed by atoms with van der Waals surface area (Å²) in [6.45, 7) is 2.06. The molecular formula is C10H15NO5S. The Hall–Kier alpha value is -1.34. The van der Waals surface area contributed by atoms with E-state index in [2.05, 4.69) is 5.32 Å². The molecule has 1 aromatic rings. The fourth-order valence-electron chi connectivity index (χ4n) is 1.24. The third-order valence-corrected chi connectivity index (χ3v) is 4.00. The van der Waals surface area contributed by atoms with Crippen LogP contribution in [0.4, 0.5) is 0 Å². The van der Waals surface area contributed by atoms with Crippen LogP contribution in [0.5, 0.6) is 0 Å². The highest BCUT2D eigenvalue weighted by Gasteiger charge is 2.13. The first-order chi connectivity index (χ1) is 7.96. The van der Waals surface area contributed by atoms with Gasteiger partial charge in [0.05, 0.1) is 18.6 Å². The zero-order valence-electron chi connectivity index (χ0n) is 9.47. The molecule has 0 unspecified atom stereocenters. The number of carbonyl (C=O) groups is 1. The Labute approximate surface area is 99.5 Å². The van der Waals surface area contributed by atoms with Crippen LogP contribution in [0.25, 0.3) is 0 Å². The maximum atomic E-state index is 11.2. The Morgan fingerprint density at radius 2 is 2.24 bits per heavy atom. The molecule has 1 aromatic heterocycles. The van der Waals surface area contributed by atoms with Gasteiger partial charge in [-0.2, -0.15) is 0 Å². The van der Waals surface area contributed by atoms with Crippen molar-refractivity contribution in [3.8, 4) is 0 Å². The lowest BCUT2D eigenvalue weighted by Crippen LogP contribution is -2.24. The molecule has 6 nitrogen and oxygen atoms in total. The zero-order valence-corrected chi connectivity index (χ0v) is 10.3. The van der Waals surface area contributed by atoms with Crippen molar-refractivity contribution in [2.45, 2.75) is 13.5 Å². The summed E-state index contributed by atoms with van der Waals surface area (Å²) in [5.41, 5.74) is 0.0934. The van der Waals surface area contributed by atoms with Gasteiger partial charge in [-0.25, -0.2) is 13.2 Å². The number of nitrogens with one attached hydrogen (secondary N) is 1. The number of hydrogen-bond acceptors (Lipinski definition) is 5. The number of aromatic carboxylic acids is 1. The SMILES string of the molecule is CCS(=O)(=O)CCNCc1occc1C(=O)O. The number of hydrogen-bond donors (Lipinski definition) is 2. The van der Waals surface area contributed by atoms with Crippen LogP contribution in [-0.2, 0) is 16.4 Å². The van der Waals surface area contributed by atoms with E-state index in [1.165, 1.54) is 12.3 Å². The van der Waals surface area contributed by atoms with E-state index in [0.717, 1.165) is 0 Å². The minimum atomic E-state index is -3.00. The average molecular weight is 261 g/mol. The van der Waals surface area contributed by atoms with E-state index in [0.29, 0.717) is 5.76 Å². The first kappa shape index (κ1) is 13.7. The number of sulfone groups is 1. The summed E-state index contributed by atoms with van der Waals surface area (Å²) in [6, 6.07) is 1.36. The third kappa shape index (κ3) is 4.20. The molecule has 0 aliphatic carbocycles. The second kappa shape index (κ2) is 5.83. The summed E-state index contributed by atoms with van der Waals surface area (Å²) in [6.07, 6.45) is 1.29. The lowest BCUT2D eigenvalue weighted by atomic mass is 10.2. The number of rotatable bonds is 7. The number of carboxylic acids is 1. The molecule has 0 atom stereocenters. The van der Waals surface area contributed by atoms with E-state index >= 15 is 0 Å². The molecule has 0 bridgehead atoms. The molecule has 7 heteroatoms. The van der Waals surface area contributed by atoms with Gasteiger partial charge in [-0.3, -0.25) is 0 Å². The molecule has 0 aromatic carbocycles. The fourth-order valence-corrected chi connectivity index (χ4v) is 1.99. The lowest BCUT2D eigenvalue weighted by molar-refractivity contribution is 0.0694. The summed E-state index contributed by atoms with van der Waals surface area (Å²) in [5.74, 6) is -0.620. The molecule has 17 heavy (non-hydrogen) atoms. The summed E-state index contributed by atoms with van der Waals surface area (Å²) in [5, 5.41) is 11.6. The van der Waals surface area contributed by atoms with E-state index in [4.69, 9.17) is 9.52 Å². The molecule has 1 rings (SSSR count). The Morgan fingerprint density at radius 1 is 1.53 bits per heavy atom. The van der Waals surface area contributed by atoms with Crippen molar-refractivity contribution >= 4 is 15.8 Å². The van der Waals surface area contributed by atoms with Crippen LogP contribution >= 0.6 is 0 Å². The van der Waals surface area contributed by atoms with Gasteiger partial charge in [0.2, 0.25) is 0 Å². The van der Waals surface area contributed by atoms with E-state index in [1.54, 1.807) is 6.92 Å². The van der Waals surface area contributed by atoms with Gasteiger partial charge in [-0.05, 0) is 6.07 Å². The van der Waals surface area contributed by atoms with Crippen LogP contribution in [0, 0.1) is 0 Å². The molecule has 2 N–H and O–H groups in total. The van der Waals surface area contributed by atoms with Crippen LogP contribution in [0.15, 0.2) is 16.7 Å². The molecule has 0 aliphatic heterocycles. The monoisotopic (exact) mass is 261 g/mol. The van der Waals surface area contributed by atoms with Crippen molar-refractivity contribution in [3.05, 3.63) is 23.7 Å². The van der Waals surface area contributed by atoms with Gasteiger partial charge in [-0.1, -0.05) is 6.92 Å². The summed E-state index contributed by atoms with van der Waals surface area (Å²) >= 11 is 0. The highest BCUT2D eigenvalue weighted by Crippen LogP contribution is 2.09. The molecule has 0 radical (unpaired) electrons. The second-order valence-corrected chi connectivity index (χ2v) is 5.95. The minimum Gasteiger partial charge on any atom is -0.478 e. The number of carboxylic acid groups (broad SMARTS) is 1. The molecule has 0 spiro atoms. The van der Waals surface area contributed by atoms with E-state index in [1.807, 2.05) is 0 Å². The van der Waals surface area contributed by atoms with Gasteiger partial charge in [-0.15, -0.1) is 0 Å². The van der Waals surface area contributed by atoms with Gasteiger partial charge in [0.1, 0.15) is 11.3 Å². The first-order valence-corrected chi connectivity index (χ1v) is 6.99. The lowest BCUT2D eigenvalue weighted by Gasteiger charge is -2.03. The first-order valence-electron chi connectivity index (χ1n) is 5.17. The maximum absolute atomic E-state index is 11.2. The van der Waals surface area contributed by atoms with E-state index < -0.39 is 15.8 Å². The molecule has 0 saturated carbocycles. The van der Waals surface area contributed by atoms with E-state index in [-0.39, 0.29) is 30.2 Å². The third-order valence-electron chi connectivity index (χ3n) is 2.29. The van der Waals surface area contributed by atoms with E-state index in [9.17, 15) is 13.2 Å². The smallest absolute Gasteiger partial charge is 0.339 e. The quantitative estimate of drug-likeness (QED) is 0.694.